The Morgan fingerprint density at radius 3 is 3.06 bits per heavy atom. The van der Waals surface area contributed by atoms with Gasteiger partial charge in [0.25, 0.3) is 0 Å². The van der Waals surface area contributed by atoms with E-state index in [0.29, 0.717) is 10.9 Å². The summed E-state index contributed by atoms with van der Waals surface area (Å²) in [6, 6.07) is 7.88. The number of aliphatic carboxylic acids is 1. The third-order valence-electron chi connectivity index (χ3n) is 2.04. The first-order valence-corrected chi connectivity index (χ1v) is 6.78. The van der Waals surface area contributed by atoms with Gasteiger partial charge in [-0.05, 0) is 28.1 Å². The number of aromatic nitrogens is 4. The summed E-state index contributed by atoms with van der Waals surface area (Å²) in [4.78, 5) is 10.6. The van der Waals surface area contributed by atoms with Crippen molar-refractivity contribution in [3.05, 3.63) is 34.3 Å². The molecule has 1 N–H and O–H groups in total. The highest BCUT2D eigenvalue weighted by Crippen LogP contribution is 2.21. The van der Waals surface area contributed by atoms with E-state index in [2.05, 4.69) is 31.5 Å². The minimum Gasteiger partial charge on any atom is -0.480 e. The molecule has 0 aliphatic heterocycles. The molecule has 0 saturated heterocycles. The number of halogens is 1. The minimum atomic E-state index is -0.966. The van der Waals surface area contributed by atoms with Crippen molar-refractivity contribution in [3.63, 3.8) is 0 Å². The molecule has 0 atom stereocenters. The van der Waals surface area contributed by atoms with E-state index in [-0.39, 0.29) is 6.54 Å². The summed E-state index contributed by atoms with van der Waals surface area (Å²) >= 11 is 4.80. The highest BCUT2D eigenvalue weighted by molar-refractivity contribution is 9.10. The van der Waals surface area contributed by atoms with Gasteiger partial charge < -0.3 is 5.11 Å². The maximum atomic E-state index is 10.6. The minimum absolute atomic E-state index is 0.228. The average molecular weight is 329 g/mol. The molecule has 1 aromatic carbocycles. The Labute approximate surface area is 116 Å². The number of nitrogens with zero attached hydrogens (tertiary/aromatic N) is 4. The molecule has 0 saturated carbocycles. The zero-order valence-corrected chi connectivity index (χ0v) is 11.6. The second-order valence-electron chi connectivity index (χ2n) is 3.43. The van der Waals surface area contributed by atoms with Crippen LogP contribution >= 0.6 is 27.7 Å². The van der Waals surface area contributed by atoms with Crippen LogP contribution in [0.25, 0.3) is 0 Å². The monoisotopic (exact) mass is 328 g/mol. The van der Waals surface area contributed by atoms with Crippen LogP contribution in [0, 0.1) is 0 Å². The van der Waals surface area contributed by atoms with E-state index in [1.807, 2.05) is 24.3 Å². The molecular formula is C10H9BrN4O2S. The fourth-order valence-corrected chi connectivity index (χ4v) is 2.57. The number of rotatable bonds is 5. The van der Waals surface area contributed by atoms with E-state index >= 15 is 0 Å². The number of carboxylic acid groups (broad SMARTS) is 1. The third kappa shape index (κ3) is 3.54. The van der Waals surface area contributed by atoms with Crippen molar-refractivity contribution in [3.8, 4) is 0 Å². The zero-order valence-electron chi connectivity index (χ0n) is 9.15. The van der Waals surface area contributed by atoms with Crippen LogP contribution in [0.3, 0.4) is 0 Å². The van der Waals surface area contributed by atoms with E-state index in [1.54, 1.807) is 0 Å². The lowest BCUT2D eigenvalue weighted by Gasteiger charge is -2.02. The largest absolute Gasteiger partial charge is 0.480 e. The van der Waals surface area contributed by atoms with Crippen molar-refractivity contribution in [1.82, 2.24) is 20.2 Å². The van der Waals surface area contributed by atoms with E-state index in [9.17, 15) is 4.79 Å². The van der Waals surface area contributed by atoms with E-state index < -0.39 is 5.97 Å². The molecule has 0 spiro atoms. The third-order valence-corrected chi connectivity index (χ3v) is 3.56. The van der Waals surface area contributed by atoms with Crippen LogP contribution in [0.4, 0.5) is 0 Å². The molecule has 94 valence electrons. The summed E-state index contributed by atoms with van der Waals surface area (Å²) in [6.07, 6.45) is 0. The smallest absolute Gasteiger partial charge is 0.325 e. The van der Waals surface area contributed by atoms with Gasteiger partial charge in [-0.3, -0.25) is 4.79 Å². The maximum absolute atomic E-state index is 10.6. The summed E-state index contributed by atoms with van der Waals surface area (Å²) in [5.41, 5.74) is 1.11. The van der Waals surface area contributed by atoms with E-state index in [0.717, 1.165) is 10.0 Å². The molecule has 0 amide bonds. The molecule has 8 heteroatoms. The fourth-order valence-electron chi connectivity index (χ4n) is 1.30. The van der Waals surface area contributed by atoms with Crippen LogP contribution in [-0.2, 0) is 17.1 Å². The van der Waals surface area contributed by atoms with Gasteiger partial charge in [0, 0.05) is 10.2 Å². The van der Waals surface area contributed by atoms with Gasteiger partial charge in [0.15, 0.2) is 0 Å². The lowest BCUT2D eigenvalue weighted by molar-refractivity contribution is -0.138. The van der Waals surface area contributed by atoms with Gasteiger partial charge in [0.2, 0.25) is 5.16 Å². The Kier molecular flexibility index (Phi) is 4.32. The molecule has 6 nitrogen and oxygen atoms in total. The molecule has 1 heterocycles. The Balaban J connectivity index is 2.02. The number of tetrazole rings is 1. The van der Waals surface area contributed by atoms with Gasteiger partial charge in [-0.25, -0.2) is 4.68 Å². The van der Waals surface area contributed by atoms with Crippen molar-refractivity contribution in [2.24, 2.45) is 0 Å². The maximum Gasteiger partial charge on any atom is 0.325 e. The number of hydrogen-bond donors (Lipinski definition) is 1. The molecule has 0 unspecified atom stereocenters. The van der Waals surface area contributed by atoms with Crippen LogP contribution < -0.4 is 0 Å². The van der Waals surface area contributed by atoms with Crippen molar-refractivity contribution in [2.75, 3.05) is 0 Å². The molecule has 0 bridgehead atoms. The van der Waals surface area contributed by atoms with E-state index in [1.165, 1.54) is 16.4 Å². The standard InChI is InChI=1S/C10H9BrN4O2S/c11-8-3-1-2-7(4-8)6-18-10-12-13-14-15(10)5-9(16)17/h1-4H,5-6H2,(H,16,17). The van der Waals surface area contributed by atoms with Crippen molar-refractivity contribution >= 4 is 33.7 Å². The van der Waals surface area contributed by atoms with Gasteiger partial charge in [-0.1, -0.05) is 39.8 Å². The molecule has 1 aromatic heterocycles. The molecule has 2 aromatic rings. The average Bonchev–Trinajstić information content (AvgIpc) is 2.73. The van der Waals surface area contributed by atoms with Gasteiger partial charge >= 0.3 is 5.97 Å². The summed E-state index contributed by atoms with van der Waals surface area (Å²) < 4.78 is 2.27. The highest BCUT2D eigenvalue weighted by Gasteiger charge is 2.10. The van der Waals surface area contributed by atoms with Gasteiger partial charge in [0.1, 0.15) is 6.54 Å². The van der Waals surface area contributed by atoms with Crippen molar-refractivity contribution in [2.45, 2.75) is 17.5 Å². The highest BCUT2D eigenvalue weighted by atomic mass is 79.9. The van der Waals surface area contributed by atoms with Crippen LogP contribution in [0.1, 0.15) is 5.56 Å². The number of carboxylic acids is 1. The van der Waals surface area contributed by atoms with E-state index in [4.69, 9.17) is 5.11 Å². The predicted octanol–water partition coefficient (Wildman–Crippen LogP) is 1.81. The van der Waals surface area contributed by atoms with Gasteiger partial charge in [-0.2, -0.15) is 0 Å². The first kappa shape index (κ1) is 13.0. The van der Waals surface area contributed by atoms with Crippen LogP contribution in [0.2, 0.25) is 0 Å². The Hall–Kier alpha value is -1.41. The first-order valence-electron chi connectivity index (χ1n) is 5.00. The normalized spacial score (nSPS) is 10.5. The molecule has 0 fully saturated rings. The summed E-state index contributed by atoms with van der Waals surface area (Å²) in [7, 11) is 0. The molecule has 2 rings (SSSR count). The lowest BCUT2D eigenvalue weighted by atomic mass is 10.2. The lowest BCUT2D eigenvalue weighted by Crippen LogP contribution is -2.11. The van der Waals surface area contributed by atoms with Gasteiger partial charge in [-0.15, -0.1) is 5.10 Å². The SMILES string of the molecule is O=C(O)Cn1nnnc1SCc1cccc(Br)c1. The van der Waals surface area contributed by atoms with Crippen molar-refractivity contribution in [1.29, 1.82) is 0 Å². The summed E-state index contributed by atoms with van der Waals surface area (Å²) in [5.74, 6) is -0.286. The number of benzene rings is 1. The molecule has 0 radical (unpaired) electrons. The fraction of sp³-hybridized carbons (Fsp3) is 0.200. The predicted molar refractivity (Wildman–Crippen MR) is 69.2 cm³/mol. The molecule has 18 heavy (non-hydrogen) atoms. The Bertz CT molecular complexity index is 560. The molecule has 0 aliphatic rings. The van der Waals surface area contributed by atoms with Crippen LogP contribution in [-0.4, -0.2) is 31.3 Å². The van der Waals surface area contributed by atoms with Crippen LogP contribution in [0.15, 0.2) is 33.9 Å². The van der Waals surface area contributed by atoms with Gasteiger partial charge in [0.05, 0.1) is 0 Å². The Morgan fingerprint density at radius 1 is 1.50 bits per heavy atom. The number of thioether (sulfide) groups is 1. The number of hydrogen-bond acceptors (Lipinski definition) is 5. The second-order valence-corrected chi connectivity index (χ2v) is 5.29. The zero-order chi connectivity index (χ0) is 13.0. The van der Waals surface area contributed by atoms with Crippen LogP contribution in [0.5, 0.6) is 0 Å². The van der Waals surface area contributed by atoms with Crippen molar-refractivity contribution < 1.29 is 9.90 Å². The second kappa shape index (κ2) is 5.96. The molecular weight excluding hydrogens is 320 g/mol. The molecule has 0 aliphatic carbocycles. The quantitative estimate of drug-likeness (QED) is 0.843. The topological polar surface area (TPSA) is 80.9 Å². The number of carbonyl (C=O) groups is 1. The summed E-state index contributed by atoms with van der Waals surface area (Å²) in [5, 5.41) is 20.1. The first-order chi connectivity index (χ1) is 8.65. The Morgan fingerprint density at radius 2 is 2.33 bits per heavy atom. The summed E-state index contributed by atoms with van der Waals surface area (Å²) in [6.45, 7) is -0.228.